The first-order valence-electron chi connectivity index (χ1n) is 4.60. The van der Waals surface area contributed by atoms with E-state index in [1.165, 1.54) is 17.4 Å². The molecule has 1 aliphatic carbocycles. The summed E-state index contributed by atoms with van der Waals surface area (Å²) in [4.78, 5) is 26.8. The molecule has 18 heavy (non-hydrogen) atoms. The number of hydrogen-bond acceptors (Lipinski definition) is 4. The van der Waals surface area contributed by atoms with Gasteiger partial charge in [-0.25, -0.2) is 4.98 Å². The Morgan fingerprint density at radius 1 is 1.17 bits per heavy atom. The van der Waals surface area contributed by atoms with Crippen LogP contribution < -0.4 is 0 Å². The predicted molar refractivity (Wildman–Crippen MR) is 68.6 cm³/mol. The number of aromatic nitrogens is 1. The molecule has 0 aliphatic heterocycles. The number of fused-ring (bicyclic) bond motifs is 2. The highest BCUT2D eigenvalue weighted by Gasteiger charge is 2.56. The van der Waals surface area contributed by atoms with Gasteiger partial charge in [0.1, 0.15) is 5.69 Å². The SMILES string of the molecule is O=C1c2cc3c(Br)sc(Br)c3nc2C(=O)C1(F)F. The third-order valence-electron chi connectivity index (χ3n) is 2.63. The van der Waals surface area contributed by atoms with Gasteiger partial charge in [-0.2, -0.15) is 8.78 Å². The van der Waals surface area contributed by atoms with E-state index in [1.807, 2.05) is 0 Å². The Morgan fingerprint density at radius 2 is 1.83 bits per heavy atom. The number of thiophene rings is 1. The lowest BCUT2D eigenvalue weighted by molar-refractivity contribution is 0.0187. The van der Waals surface area contributed by atoms with Crippen molar-refractivity contribution in [1.29, 1.82) is 0 Å². The molecule has 3 nitrogen and oxygen atoms in total. The van der Waals surface area contributed by atoms with Gasteiger partial charge in [0.05, 0.1) is 18.7 Å². The van der Waals surface area contributed by atoms with E-state index >= 15 is 0 Å². The smallest absolute Gasteiger partial charge is 0.287 e. The lowest BCUT2D eigenvalue weighted by Crippen LogP contribution is -2.30. The Bertz CT molecular complexity index is 683. The Morgan fingerprint density at radius 3 is 2.50 bits per heavy atom. The number of rotatable bonds is 0. The van der Waals surface area contributed by atoms with Crippen LogP contribution in [0.2, 0.25) is 0 Å². The molecule has 92 valence electrons. The minimum absolute atomic E-state index is 0.316. The summed E-state index contributed by atoms with van der Waals surface area (Å²) < 4.78 is 27.9. The molecule has 0 N–H and O–H groups in total. The molecule has 8 heteroatoms. The first-order valence-corrected chi connectivity index (χ1v) is 7.00. The molecule has 0 amide bonds. The highest BCUT2D eigenvalue weighted by atomic mass is 79.9. The number of halogens is 4. The lowest BCUT2D eigenvalue weighted by Gasteiger charge is -2.01. The summed E-state index contributed by atoms with van der Waals surface area (Å²) in [6, 6.07) is 1.28. The number of Topliss-reactive ketones (excluding diaryl/α,β-unsaturated/α-hetero) is 2. The number of pyridine rings is 1. The molecule has 0 atom stereocenters. The highest BCUT2D eigenvalue weighted by Crippen LogP contribution is 2.42. The molecule has 1 aliphatic rings. The number of carbonyl (C=O) groups excluding carboxylic acids is 2. The maximum absolute atomic E-state index is 13.3. The van der Waals surface area contributed by atoms with Crippen molar-refractivity contribution in [3.05, 3.63) is 24.9 Å². The normalized spacial score (nSPS) is 17.6. The summed E-state index contributed by atoms with van der Waals surface area (Å²) in [5.74, 6) is -7.00. The third kappa shape index (κ3) is 1.39. The van der Waals surface area contributed by atoms with Crippen LogP contribution in [0.25, 0.3) is 10.9 Å². The van der Waals surface area contributed by atoms with Crippen LogP contribution in [-0.2, 0) is 0 Å². The monoisotopic (exact) mass is 395 g/mol. The van der Waals surface area contributed by atoms with E-state index in [-0.39, 0.29) is 5.56 Å². The van der Waals surface area contributed by atoms with E-state index in [1.54, 1.807) is 0 Å². The molecule has 3 rings (SSSR count). The largest absolute Gasteiger partial charge is 0.373 e. The summed E-state index contributed by atoms with van der Waals surface area (Å²) in [5, 5.41) is 0.532. The molecule has 0 fully saturated rings. The van der Waals surface area contributed by atoms with E-state index in [2.05, 4.69) is 36.8 Å². The summed E-state index contributed by atoms with van der Waals surface area (Å²) in [6.07, 6.45) is 0. The minimum Gasteiger partial charge on any atom is -0.287 e. The fraction of sp³-hybridized carbons (Fsp3) is 0.100. The van der Waals surface area contributed by atoms with Crippen molar-refractivity contribution >= 4 is 65.7 Å². The Hall–Kier alpha value is -0.730. The predicted octanol–water partition coefficient (Wildman–Crippen LogP) is 3.84. The number of hydrogen-bond donors (Lipinski definition) is 0. The number of carbonyl (C=O) groups is 2. The second kappa shape index (κ2) is 3.64. The third-order valence-corrected chi connectivity index (χ3v) is 5.18. The highest BCUT2D eigenvalue weighted by molar-refractivity contribution is 9.12. The number of nitrogens with zero attached hydrogens (tertiary/aromatic N) is 1. The number of ketones is 2. The van der Waals surface area contributed by atoms with Crippen LogP contribution in [0.3, 0.4) is 0 Å². The van der Waals surface area contributed by atoms with E-state index < -0.39 is 23.2 Å². The van der Waals surface area contributed by atoms with E-state index in [0.717, 1.165) is 0 Å². The quantitative estimate of drug-likeness (QED) is 0.635. The van der Waals surface area contributed by atoms with Crippen LogP contribution in [0.1, 0.15) is 20.8 Å². The topological polar surface area (TPSA) is 47.0 Å². The lowest BCUT2D eigenvalue weighted by atomic mass is 10.1. The molecule has 0 saturated carbocycles. The van der Waals surface area contributed by atoms with Gasteiger partial charge in [0.2, 0.25) is 5.78 Å². The summed E-state index contributed by atoms with van der Waals surface area (Å²) in [6.45, 7) is 0. The standard InChI is InChI=1S/C10HBr2F2NO2S/c11-8-3-1-2-4(15-5(3)9(12)18-8)7(17)10(13,14)6(2)16/h1H. The average molecular weight is 397 g/mol. The molecule has 0 unspecified atom stereocenters. The molecule has 0 spiro atoms. The summed E-state index contributed by atoms with van der Waals surface area (Å²) in [7, 11) is 0. The molecular formula is C10HBr2F2NO2S. The second-order valence-corrected chi connectivity index (χ2v) is 7.32. The zero-order valence-electron chi connectivity index (χ0n) is 8.26. The van der Waals surface area contributed by atoms with Crippen molar-refractivity contribution in [2.24, 2.45) is 0 Å². The molecule has 0 bridgehead atoms. The van der Waals surface area contributed by atoms with Crippen molar-refractivity contribution in [2.45, 2.75) is 5.92 Å². The van der Waals surface area contributed by atoms with Crippen molar-refractivity contribution in [3.8, 4) is 0 Å². The van der Waals surface area contributed by atoms with Crippen molar-refractivity contribution < 1.29 is 18.4 Å². The van der Waals surface area contributed by atoms with Gasteiger partial charge in [0.15, 0.2) is 0 Å². The fourth-order valence-electron chi connectivity index (χ4n) is 1.76. The molecule has 2 heterocycles. The summed E-state index contributed by atoms with van der Waals surface area (Å²) >= 11 is 7.78. The first-order chi connectivity index (χ1) is 8.34. The van der Waals surface area contributed by atoms with Crippen molar-refractivity contribution in [3.63, 3.8) is 0 Å². The maximum atomic E-state index is 13.3. The van der Waals surface area contributed by atoms with E-state index in [4.69, 9.17) is 0 Å². The van der Waals surface area contributed by atoms with Gasteiger partial charge in [0.25, 0.3) is 5.78 Å². The van der Waals surface area contributed by atoms with Crippen LogP contribution in [0.5, 0.6) is 0 Å². The van der Waals surface area contributed by atoms with Gasteiger partial charge >= 0.3 is 5.92 Å². The number of alkyl halides is 2. The maximum Gasteiger partial charge on any atom is 0.373 e. The van der Waals surface area contributed by atoms with Gasteiger partial charge in [-0.15, -0.1) is 11.3 Å². The van der Waals surface area contributed by atoms with Crippen molar-refractivity contribution in [2.75, 3.05) is 0 Å². The van der Waals surface area contributed by atoms with Crippen LogP contribution in [-0.4, -0.2) is 22.5 Å². The van der Waals surface area contributed by atoms with Gasteiger partial charge in [-0.3, -0.25) is 9.59 Å². The van der Waals surface area contributed by atoms with E-state index in [9.17, 15) is 18.4 Å². The fourth-order valence-corrected chi connectivity index (χ4v) is 4.66. The Labute approximate surface area is 119 Å². The molecule has 2 aromatic heterocycles. The molecular weight excluding hydrogens is 396 g/mol. The second-order valence-electron chi connectivity index (χ2n) is 3.66. The Kier molecular flexibility index (Phi) is 2.49. The average Bonchev–Trinajstić information content (AvgIpc) is 2.68. The molecule has 0 aromatic carbocycles. The van der Waals surface area contributed by atoms with Gasteiger partial charge in [-0.05, 0) is 37.9 Å². The van der Waals surface area contributed by atoms with Crippen LogP contribution in [0, 0.1) is 0 Å². The van der Waals surface area contributed by atoms with Crippen LogP contribution >= 0.6 is 43.2 Å². The van der Waals surface area contributed by atoms with Crippen molar-refractivity contribution in [1.82, 2.24) is 4.98 Å². The van der Waals surface area contributed by atoms with Crippen LogP contribution in [0.4, 0.5) is 8.78 Å². The zero-order valence-corrected chi connectivity index (χ0v) is 12.2. The van der Waals surface area contributed by atoms with Gasteiger partial charge < -0.3 is 0 Å². The van der Waals surface area contributed by atoms with Gasteiger partial charge in [-0.1, -0.05) is 0 Å². The molecule has 2 aromatic rings. The van der Waals surface area contributed by atoms with Gasteiger partial charge in [0, 0.05) is 5.39 Å². The van der Waals surface area contributed by atoms with E-state index in [0.29, 0.717) is 18.5 Å². The molecule has 0 radical (unpaired) electrons. The Balaban J connectivity index is 2.41. The summed E-state index contributed by atoms with van der Waals surface area (Å²) in [5.41, 5.74) is -0.378. The first kappa shape index (κ1) is 12.3. The zero-order chi connectivity index (χ0) is 13.2. The molecule has 0 saturated heterocycles. The van der Waals surface area contributed by atoms with Crippen LogP contribution in [0.15, 0.2) is 13.6 Å². The minimum atomic E-state index is -3.99.